The quantitative estimate of drug-likeness (QED) is 0.749. The topological polar surface area (TPSA) is 20.3 Å². The molecule has 0 radical (unpaired) electrons. The van der Waals surface area contributed by atoms with Crippen LogP contribution in [0.3, 0.4) is 0 Å². The van der Waals surface area contributed by atoms with Crippen LogP contribution in [0, 0.1) is 19.3 Å². The van der Waals surface area contributed by atoms with Crippen molar-refractivity contribution in [3.8, 4) is 0 Å². The lowest BCUT2D eigenvalue weighted by Gasteiger charge is -2.40. The first-order valence-corrected chi connectivity index (χ1v) is 8.32. The van der Waals surface area contributed by atoms with Gasteiger partial charge in [0.25, 0.3) is 0 Å². The van der Waals surface area contributed by atoms with Gasteiger partial charge in [0.1, 0.15) is 0 Å². The molecule has 0 N–H and O–H groups in total. The van der Waals surface area contributed by atoms with Crippen LogP contribution in [0.4, 0.5) is 0 Å². The summed E-state index contributed by atoms with van der Waals surface area (Å²) in [5, 5.41) is 0. The highest BCUT2D eigenvalue weighted by atomic mass is 16.1. The Morgan fingerprint density at radius 3 is 2.33 bits per heavy atom. The van der Waals surface area contributed by atoms with E-state index in [0.29, 0.717) is 12.0 Å². The van der Waals surface area contributed by atoms with E-state index < -0.39 is 0 Å². The van der Waals surface area contributed by atoms with Gasteiger partial charge in [-0.3, -0.25) is 9.69 Å². The van der Waals surface area contributed by atoms with Gasteiger partial charge in [0.05, 0.1) is 6.54 Å². The van der Waals surface area contributed by atoms with Crippen LogP contribution in [-0.4, -0.2) is 30.3 Å². The van der Waals surface area contributed by atoms with Gasteiger partial charge in [0, 0.05) is 5.56 Å². The molecule has 0 aliphatic carbocycles. The minimum atomic E-state index is 0.275. The molecule has 2 rings (SSSR count). The number of hydrogen-bond donors (Lipinski definition) is 0. The highest BCUT2D eigenvalue weighted by Crippen LogP contribution is 2.37. The largest absolute Gasteiger partial charge is 0.296 e. The maximum absolute atomic E-state index is 12.5. The van der Waals surface area contributed by atoms with Crippen molar-refractivity contribution in [2.24, 2.45) is 5.41 Å². The highest BCUT2D eigenvalue weighted by molar-refractivity contribution is 5.99. The number of likely N-dealkylation sites (tertiary alicyclic amines) is 1. The number of piperidine rings is 1. The van der Waals surface area contributed by atoms with E-state index in [1.807, 2.05) is 19.9 Å². The van der Waals surface area contributed by atoms with E-state index in [-0.39, 0.29) is 5.78 Å². The fourth-order valence-electron chi connectivity index (χ4n) is 3.47. The standard InChI is InChI=1S/C19H29NO/c1-5-19(6-2)9-11-20(12-10-19)14-18(21)17-13-15(3)7-8-16(17)4/h7-8,13H,5-6,9-12,14H2,1-4H3. The Kier molecular flexibility index (Phi) is 5.21. The van der Waals surface area contributed by atoms with Gasteiger partial charge < -0.3 is 0 Å². The second-order valence-corrected chi connectivity index (χ2v) is 6.72. The molecule has 1 saturated heterocycles. The Hall–Kier alpha value is -1.15. The van der Waals surface area contributed by atoms with Crippen molar-refractivity contribution in [2.75, 3.05) is 19.6 Å². The SMILES string of the molecule is CCC1(CC)CCN(CC(=O)c2cc(C)ccc2C)CC1. The van der Waals surface area contributed by atoms with Gasteiger partial charge in [0.2, 0.25) is 0 Å². The van der Waals surface area contributed by atoms with Gasteiger partial charge in [-0.15, -0.1) is 0 Å². The average Bonchev–Trinajstić information content (AvgIpc) is 2.50. The van der Waals surface area contributed by atoms with Crippen LogP contribution < -0.4 is 0 Å². The first-order valence-electron chi connectivity index (χ1n) is 8.32. The van der Waals surface area contributed by atoms with Crippen LogP contribution in [-0.2, 0) is 0 Å². The van der Waals surface area contributed by atoms with E-state index in [2.05, 4.69) is 30.9 Å². The number of ketones is 1. The number of rotatable bonds is 5. The van der Waals surface area contributed by atoms with Crippen molar-refractivity contribution in [1.29, 1.82) is 0 Å². The average molecular weight is 287 g/mol. The summed E-state index contributed by atoms with van der Waals surface area (Å²) in [5.41, 5.74) is 3.69. The maximum Gasteiger partial charge on any atom is 0.177 e. The van der Waals surface area contributed by atoms with Crippen LogP contribution in [0.25, 0.3) is 0 Å². The number of Topliss-reactive ketones (excluding diaryl/α,β-unsaturated/α-hetero) is 1. The van der Waals surface area contributed by atoms with Gasteiger partial charge >= 0.3 is 0 Å². The minimum Gasteiger partial charge on any atom is -0.296 e. The van der Waals surface area contributed by atoms with E-state index in [1.165, 1.54) is 31.2 Å². The second-order valence-electron chi connectivity index (χ2n) is 6.72. The summed E-state index contributed by atoms with van der Waals surface area (Å²) in [4.78, 5) is 14.9. The highest BCUT2D eigenvalue weighted by Gasteiger charge is 2.31. The molecule has 1 aromatic rings. The van der Waals surface area contributed by atoms with Crippen LogP contribution in [0.1, 0.15) is 61.0 Å². The number of benzene rings is 1. The van der Waals surface area contributed by atoms with E-state index >= 15 is 0 Å². The van der Waals surface area contributed by atoms with Gasteiger partial charge in [-0.05, 0) is 56.8 Å². The third kappa shape index (κ3) is 3.74. The van der Waals surface area contributed by atoms with Gasteiger partial charge in [0.15, 0.2) is 5.78 Å². The number of aryl methyl sites for hydroxylation is 2. The van der Waals surface area contributed by atoms with Crippen LogP contribution in [0.15, 0.2) is 18.2 Å². The number of carbonyl (C=O) groups is 1. The summed E-state index contributed by atoms with van der Waals surface area (Å²) in [6.07, 6.45) is 5.00. The maximum atomic E-state index is 12.5. The summed E-state index contributed by atoms with van der Waals surface area (Å²) in [5.74, 6) is 0.275. The molecule has 1 aliphatic heterocycles. The normalized spacial score (nSPS) is 18.7. The number of hydrogen-bond acceptors (Lipinski definition) is 2. The molecule has 0 aromatic heterocycles. The predicted molar refractivity (Wildman–Crippen MR) is 88.9 cm³/mol. The Balaban J connectivity index is 1.97. The van der Waals surface area contributed by atoms with Crippen molar-refractivity contribution < 1.29 is 4.79 Å². The number of nitrogens with zero attached hydrogens (tertiary/aromatic N) is 1. The Labute approximate surface area is 129 Å². The molecule has 21 heavy (non-hydrogen) atoms. The molecule has 0 spiro atoms. The molecular weight excluding hydrogens is 258 g/mol. The molecule has 0 atom stereocenters. The smallest absolute Gasteiger partial charge is 0.177 e. The molecule has 1 aliphatic rings. The van der Waals surface area contributed by atoms with Crippen LogP contribution in [0.2, 0.25) is 0 Å². The summed E-state index contributed by atoms with van der Waals surface area (Å²) in [7, 11) is 0. The summed E-state index contributed by atoms with van der Waals surface area (Å²) < 4.78 is 0. The predicted octanol–water partition coefficient (Wildman–Crippen LogP) is 4.39. The van der Waals surface area contributed by atoms with Crippen molar-refractivity contribution in [3.63, 3.8) is 0 Å². The summed E-state index contributed by atoms with van der Waals surface area (Å²) >= 11 is 0. The van der Waals surface area contributed by atoms with Crippen molar-refractivity contribution in [3.05, 3.63) is 34.9 Å². The number of carbonyl (C=O) groups excluding carboxylic acids is 1. The van der Waals surface area contributed by atoms with Gasteiger partial charge in [-0.2, -0.15) is 0 Å². The third-order valence-corrected chi connectivity index (χ3v) is 5.48. The molecule has 0 saturated carbocycles. The molecule has 116 valence electrons. The first kappa shape index (κ1) is 16.2. The van der Waals surface area contributed by atoms with E-state index in [0.717, 1.165) is 24.2 Å². The van der Waals surface area contributed by atoms with Crippen molar-refractivity contribution in [2.45, 2.75) is 53.4 Å². The molecule has 0 unspecified atom stereocenters. The second kappa shape index (κ2) is 6.74. The molecule has 2 heteroatoms. The van der Waals surface area contributed by atoms with Crippen LogP contribution >= 0.6 is 0 Å². The molecule has 0 bridgehead atoms. The van der Waals surface area contributed by atoms with Gasteiger partial charge in [-0.25, -0.2) is 0 Å². The zero-order chi connectivity index (χ0) is 15.5. The zero-order valence-corrected chi connectivity index (χ0v) is 14.0. The monoisotopic (exact) mass is 287 g/mol. The molecular formula is C19H29NO. The Morgan fingerprint density at radius 2 is 1.76 bits per heavy atom. The zero-order valence-electron chi connectivity index (χ0n) is 14.0. The van der Waals surface area contributed by atoms with E-state index in [9.17, 15) is 4.79 Å². The first-order chi connectivity index (χ1) is 9.99. The lowest BCUT2D eigenvalue weighted by molar-refractivity contribution is 0.0755. The summed E-state index contributed by atoms with van der Waals surface area (Å²) in [6.45, 7) is 11.4. The Bertz CT molecular complexity index is 492. The van der Waals surface area contributed by atoms with Crippen molar-refractivity contribution >= 4 is 5.78 Å². The van der Waals surface area contributed by atoms with Crippen LogP contribution in [0.5, 0.6) is 0 Å². The Morgan fingerprint density at radius 1 is 1.14 bits per heavy atom. The van der Waals surface area contributed by atoms with Gasteiger partial charge in [-0.1, -0.05) is 44.4 Å². The lowest BCUT2D eigenvalue weighted by Crippen LogP contribution is -2.42. The van der Waals surface area contributed by atoms with Crippen molar-refractivity contribution in [1.82, 2.24) is 4.90 Å². The fraction of sp³-hybridized carbons (Fsp3) is 0.632. The third-order valence-electron chi connectivity index (χ3n) is 5.48. The van der Waals surface area contributed by atoms with E-state index in [1.54, 1.807) is 0 Å². The summed E-state index contributed by atoms with van der Waals surface area (Å²) in [6, 6.07) is 6.16. The molecule has 0 amide bonds. The lowest BCUT2D eigenvalue weighted by atomic mass is 9.74. The molecule has 2 nitrogen and oxygen atoms in total. The molecule has 1 aromatic carbocycles. The van der Waals surface area contributed by atoms with E-state index in [4.69, 9.17) is 0 Å². The minimum absolute atomic E-state index is 0.275. The fourth-order valence-corrected chi connectivity index (χ4v) is 3.47. The molecule has 1 fully saturated rings. The molecule has 1 heterocycles.